The van der Waals surface area contributed by atoms with Gasteiger partial charge in [-0.05, 0) is 22.9 Å². The van der Waals surface area contributed by atoms with Crippen molar-refractivity contribution in [3.05, 3.63) is 42.0 Å². The minimum Gasteiger partial charge on any atom is -0.496 e. The number of rotatable bonds is 6. The first-order chi connectivity index (χ1) is 10.0. The van der Waals surface area contributed by atoms with Crippen LogP contribution in [0.2, 0.25) is 0 Å². The van der Waals surface area contributed by atoms with Crippen LogP contribution < -0.4 is 15.8 Å². The molecule has 0 saturated carbocycles. The van der Waals surface area contributed by atoms with Crippen molar-refractivity contribution < 1.29 is 9.53 Å². The number of amides is 1. The van der Waals surface area contributed by atoms with Gasteiger partial charge in [0.1, 0.15) is 5.75 Å². The molecule has 3 N–H and O–H groups in total. The number of hydrogen-bond acceptors (Lipinski definition) is 3. The molecular weight excluding hydrogens is 264 g/mol. The standard InChI is InChI=1S/C17H22N2O2/c1-11(2)16(17(18)20)19-10-12-8-9-15(21-3)14-7-5-4-6-13(12)14/h4-9,11,16,19H,10H2,1-3H3,(H2,18,20). The van der Waals surface area contributed by atoms with E-state index in [-0.39, 0.29) is 17.9 Å². The van der Waals surface area contributed by atoms with E-state index in [1.165, 1.54) is 0 Å². The maximum absolute atomic E-state index is 11.5. The number of ether oxygens (including phenoxy) is 1. The first-order valence-corrected chi connectivity index (χ1v) is 7.12. The van der Waals surface area contributed by atoms with Crippen molar-refractivity contribution in [3.8, 4) is 5.75 Å². The molecule has 0 aliphatic heterocycles. The minimum atomic E-state index is -0.328. The maximum atomic E-state index is 11.5. The Morgan fingerprint density at radius 1 is 1.19 bits per heavy atom. The van der Waals surface area contributed by atoms with Gasteiger partial charge in [-0.3, -0.25) is 4.79 Å². The summed E-state index contributed by atoms with van der Waals surface area (Å²) in [6.45, 7) is 4.55. The maximum Gasteiger partial charge on any atom is 0.234 e. The molecule has 0 heterocycles. The van der Waals surface area contributed by atoms with E-state index in [4.69, 9.17) is 10.5 Å². The lowest BCUT2D eigenvalue weighted by Crippen LogP contribution is -2.44. The molecule has 1 atom stereocenters. The zero-order valence-corrected chi connectivity index (χ0v) is 12.7. The average Bonchev–Trinajstić information content (AvgIpc) is 2.46. The van der Waals surface area contributed by atoms with E-state index in [2.05, 4.69) is 11.4 Å². The summed E-state index contributed by atoms with van der Waals surface area (Å²) in [7, 11) is 1.67. The van der Waals surface area contributed by atoms with Gasteiger partial charge in [0, 0.05) is 11.9 Å². The number of hydrogen-bond donors (Lipinski definition) is 2. The molecule has 4 heteroatoms. The van der Waals surface area contributed by atoms with Crippen LogP contribution in [0.15, 0.2) is 36.4 Å². The SMILES string of the molecule is COc1ccc(CNC(C(N)=O)C(C)C)c2ccccc12. The lowest BCUT2D eigenvalue weighted by Gasteiger charge is -2.20. The molecule has 0 radical (unpaired) electrons. The molecule has 0 spiro atoms. The summed E-state index contributed by atoms with van der Waals surface area (Å²) >= 11 is 0. The van der Waals surface area contributed by atoms with Crippen LogP contribution in [0.5, 0.6) is 5.75 Å². The smallest absolute Gasteiger partial charge is 0.234 e. The molecule has 0 aliphatic carbocycles. The van der Waals surface area contributed by atoms with E-state index in [9.17, 15) is 4.79 Å². The second kappa shape index (κ2) is 6.59. The van der Waals surface area contributed by atoms with Gasteiger partial charge in [-0.1, -0.05) is 44.2 Å². The van der Waals surface area contributed by atoms with Crippen molar-refractivity contribution >= 4 is 16.7 Å². The van der Waals surface area contributed by atoms with E-state index >= 15 is 0 Å². The summed E-state index contributed by atoms with van der Waals surface area (Å²) in [6.07, 6.45) is 0. The average molecular weight is 286 g/mol. The Bertz CT molecular complexity index is 638. The molecule has 0 aromatic heterocycles. The zero-order chi connectivity index (χ0) is 15.4. The monoisotopic (exact) mass is 286 g/mol. The molecule has 2 aromatic carbocycles. The molecule has 0 aliphatic rings. The minimum absolute atomic E-state index is 0.159. The van der Waals surface area contributed by atoms with Crippen LogP contribution in [-0.4, -0.2) is 19.1 Å². The summed E-state index contributed by atoms with van der Waals surface area (Å²) in [5, 5.41) is 5.44. The van der Waals surface area contributed by atoms with E-state index in [0.29, 0.717) is 6.54 Å². The van der Waals surface area contributed by atoms with Crippen LogP contribution in [-0.2, 0) is 11.3 Å². The molecule has 0 saturated heterocycles. The third-order valence-corrected chi connectivity index (χ3v) is 3.68. The molecule has 2 aromatic rings. The number of primary amides is 1. The molecule has 112 valence electrons. The van der Waals surface area contributed by atoms with Gasteiger partial charge in [-0.15, -0.1) is 0 Å². The number of benzene rings is 2. The predicted molar refractivity (Wildman–Crippen MR) is 85.2 cm³/mol. The van der Waals surface area contributed by atoms with E-state index in [0.717, 1.165) is 22.1 Å². The van der Waals surface area contributed by atoms with Gasteiger partial charge in [0.15, 0.2) is 0 Å². The zero-order valence-electron chi connectivity index (χ0n) is 12.7. The Morgan fingerprint density at radius 3 is 2.43 bits per heavy atom. The molecule has 0 fully saturated rings. The second-order valence-corrected chi connectivity index (χ2v) is 5.48. The third kappa shape index (κ3) is 3.34. The first-order valence-electron chi connectivity index (χ1n) is 7.12. The molecule has 4 nitrogen and oxygen atoms in total. The molecule has 21 heavy (non-hydrogen) atoms. The highest BCUT2D eigenvalue weighted by molar-refractivity contribution is 5.91. The lowest BCUT2D eigenvalue weighted by atomic mass is 10.0. The largest absolute Gasteiger partial charge is 0.496 e. The predicted octanol–water partition coefficient (Wildman–Crippen LogP) is 2.45. The Morgan fingerprint density at radius 2 is 1.86 bits per heavy atom. The highest BCUT2D eigenvalue weighted by Gasteiger charge is 2.19. The van der Waals surface area contributed by atoms with Gasteiger partial charge in [0.2, 0.25) is 5.91 Å². The highest BCUT2D eigenvalue weighted by atomic mass is 16.5. The number of methoxy groups -OCH3 is 1. The lowest BCUT2D eigenvalue weighted by molar-refractivity contribution is -0.121. The van der Waals surface area contributed by atoms with Crippen molar-refractivity contribution in [3.63, 3.8) is 0 Å². The van der Waals surface area contributed by atoms with Crippen LogP contribution in [0.3, 0.4) is 0 Å². The van der Waals surface area contributed by atoms with Gasteiger partial charge >= 0.3 is 0 Å². The molecular formula is C17H22N2O2. The fourth-order valence-corrected chi connectivity index (χ4v) is 2.55. The quantitative estimate of drug-likeness (QED) is 0.857. The fraction of sp³-hybridized carbons (Fsp3) is 0.353. The van der Waals surface area contributed by atoms with Crippen molar-refractivity contribution in [1.29, 1.82) is 0 Å². The van der Waals surface area contributed by atoms with Crippen molar-refractivity contribution in [2.24, 2.45) is 11.7 Å². The van der Waals surface area contributed by atoms with Gasteiger partial charge in [-0.25, -0.2) is 0 Å². The number of nitrogens with one attached hydrogen (secondary N) is 1. The highest BCUT2D eigenvalue weighted by Crippen LogP contribution is 2.28. The van der Waals surface area contributed by atoms with Crippen molar-refractivity contribution in [1.82, 2.24) is 5.32 Å². The summed E-state index contributed by atoms with van der Waals surface area (Å²) in [5.74, 6) is 0.694. The number of carbonyl (C=O) groups excluding carboxylic acids is 1. The van der Waals surface area contributed by atoms with Gasteiger partial charge in [0.25, 0.3) is 0 Å². The fourth-order valence-electron chi connectivity index (χ4n) is 2.55. The van der Waals surface area contributed by atoms with Crippen molar-refractivity contribution in [2.75, 3.05) is 7.11 Å². The summed E-state index contributed by atoms with van der Waals surface area (Å²) in [4.78, 5) is 11.5. The van der Waals surface area contributed by atoms with Crippen LogP contribution in [0.1, 0.15) is 19.4 Å². The van der Waals surface area contributed by atoms with Gasteiger partial charge < -0.3 is 15.8 Å². The summed E-state index contributed by atoms with van der Waals surface area (Å²) in [5.41, 5.74) is 6.56. The van der Waals surface area contributed by atoms with Crippen LogP contribution in [0.4, 0.5) is 0 Å². The number of nitrogens with two attached hydrogens (primary N) is 1. The molecule has 1 amide bonds. The normalized spacial score (nSPS) is 12.6. The van der Waals surface area contributed by atoms with Crippen LogP contribution in [0.25, 0.3) is 10.8 Å². The topological polar surface area (TPSA) is 64.3 Å². The Balaban J connectivity index is 2.29. The summed E-state index contributed by atoms with van der Waals surface area (Å²) in [6, 6.07) is 11.7. The second-order valence-electron chi connectivity index (χ2n) is 5.48. The summed E-state index contributed by atoms with van der Waals surface area (Å²) < 4.78 is 5.39. The van der Waals surface area contributed by atoms with E-state index in [1.807, 2.05) is 44.2 Å². The van der Waals surface area contributed by atoms with Crippen LogP contribution in [0, 0.1) is 5.92 Å². The van der Waals surface area contributed by atoms with Gasteiger partial charge in [0.05, 0.1) is 13.2 Å². The van der Waals surface area contributed by atoms with Gasteiger partial charge in [-0.2, -0.15) is 0 Å². The number of fused-ring (bicyclic) bond motifs is 1. The molecule has 0 bridgehead atoms. The molecule has 2 rings (SSSR count). The third-order valence-electron chi connectivity index (χ3n) is 3.68. The Kier molecular flexibility index (Phi) is 4.81. The Hall–Kier alpha value is -2.07. The van der Waals surface area contributed by atoms with E-state index in [1.54, 1.807) is 7.11 Å². The first kappa shape index (κ1) is 15.3. The van der Waals surface area contributed by atoms with Crippen LogP contribution >= 0.6 is 0 Å². The number of carbonyl (C=O) groups is 1. The van der Waals surface area contributed by atoms with E-state index < -0.39 is 0 Å². The Labute approximate surface area is 125 Å². The van der Waals surface area contributed by atoms with Crippen molar-refractivity contribution in [2.45, 2.75) is 26.4 Å². The molecule has 1 unspecified atom stereocenters.